The van der Waals surface area contributed by atoms with Crippen LogP contribution in [0.2, 0.25) is 0 Å². The molecule has 0 aromatic rings. The first-order valence-electron chi connectivity index (χ1n) is 5.47. The number of rotatable bonds is 8. The van der Waals surface area contributed by atoms with E-state index in [0.29, 0.717) is 0 Å². The van der Waals surface area contributed by atoms with Crippen molar-refractivity contribution in [3.05, 3.63) is 0 Å². The largest absolute Gasteiger partial charge is 0.385 e. The number of halogens is 1. The van der Waals surface area contributed by atoms with E-state index in [4.69, 9.17) is 4.74 Å². The SMILES string of the molecule is COCCCCCCC(Br)C1CC1. The third-order valence-electron chi connectivity index (χ3n) is 2.71. The summed E-state index contributed by atoms with van der Waals surface area (Å²) in [5.41, 5.74) is 0. The molecule has 1 saturated carbocycles. The molecule has 13 heavy (non-hydrogen) atoms. The molecule has 0 bridgehead atoms. The Morgan fingerprint density at radius 1 is 1.23 bits per heavy atom. The van der Waals surface area contributed by atoms with Gasteiger partial charge in [-0.2, -0.15) is 0 Å². The lowest BCUT2D eigenvalue weighted by atomic mass is 10.1. The van der Waals surface area contributed by atoms with E-state index >= 15 is 0 Å². The Labute approximate surface area is 90.4 Å². The standard InChI is InChI=1S/C11H21BrO/c1-13-9-5-3-2-4-6-11(12)10-7-8-10/h10-11H,2-9H2,1H3. The quantitative estimate of drug-likeness (QED) is 0.470. The van der Waals surface area contributed by atoms with Crippen molar-refractivity contribution in [3.8, 4) is 0 Å². The molecule has 0 aromatic heterocycles. The lowest BCUT2D eigenvalue weighted by molar-refractivity contribution is 0.192. The zero-order chi connectivity index (χ0) is 9.52. The minimum atomic E-state index is 0.815. The van der Waals surface area contributed by atoms with Gasteiger partial charge < -0.3 is 4.74 Å². The maximum atomic E-state index is 5.01. The predicted molar refractivity (Wildman–Crippen MR) is 60.4 cm³/mol. The minimum absolute atomic E-state index is 0.815. The summed E-state index contributed by atoms with van der Waals surface area (Å²) in [6.45, 7) is 0.931. The van der Waals surface area contributed by atoms with Crippen LogP contribution < -0.4 is 0 Å². The fraction of sp³-hybridized carbons (Fsp3) is 1.00. The lowest BCUT2D eigenvalue weighted by Gasteiger charge is -2.07. The number of ether oxygens (including phenoxy) is 1. The Bertz CT molecular complexity index is 123. The van der Waals surface area contributed by atoms with Gasteiger partial charge in [0.2, 0.25) is 0 Å². The first-order chi connectivity index (χ1) is 6.34. The van der Waals surface area contributed by atoms with Gasteiger partial charge in [-0.1, -0.05) is 35.2 Å². The normalized spacial score (nSPS) is 18.9. The fourth-order valence-electron chi connectivity index (χ4n) is 1.63. The van der Waals surface area contributed by atoms with E-state index in [1.165, 1.54) is 44.9 Å². The van der Waals surface area contributed by atoms with Gasteiger partial charge >= 0.3 is 0 Å². The second kappa shape index (κ2) is 6.83. The summed E-state index contributed by atoms with van der Waals surface area (Å²) in [4.78, 5) is 0.815. The van der Waals surface area contributed by atoms with Gasteiger partial charge in [0.1, 0.15) is 0 Å². The van der Waals surface area contributed by atoms with Crippen molar-refractivity contribution in [2.45, 2.75) is 49.8 Å². The van der Waals surface area contributed by atoms with Crippen LogP contribution >= 0.6 is 15.9 Å². The van der Waals surface area contributed by atoms with E-state index in [0.717, 1.165) is 17.4 Å². The number of alkyl halides is 1. The summed E-state index contributed by atoms with van der Waals surface area (Å²) in [7, 11) is 1.78. The maximum Gasteiger partial charge on any atom is 0.0462 e. The van der Waals surface area contributed by atoms with Crippen molar-refractivity contribution in [1.29, 1.82) is 0 Å². The van der Waals surface area contributed by atoms with E-state index in [1.807, 2.05) is 0 Å². The Hall–Kier alpha value is 0.440. The molecule has 1 atom stereocenters. The Morgan fingerprint density at radius 3 is 2.54 bits per heavy atom. The zero-order valence-electron chi connectivity index (χ0n) is 8.60. The molecule has 0 saturated heterocycles. The highest BCUT2D eigenvalue weighted by Crippen LogP contribution is 2.38. The molecule has 1 aliphatic rings. The van der Waals surface area contributed by atoms with Gasteiger partial charge in [-0.05, 0) is 31.6 Å². The highest BCUT2D eigenvalue weighted by Gasteiger charge is 2.28. The molecular formula is C11H21BrO. The van der Waals surface area contributed by atoms with Crippen LogP contribution in [0.1, 0.15) is 44.9 Å². The number of hydrogen-bond donors (Lipinski definition) is 0. The monoisotopic (exact) mass is 248 g/mol. The molecule has 0 aromatic carbocycles. The second-order valence-electron chi connectivity index (χ2n) is 4.05. The van der Waals surface area contributed by atoms with Crippen LogP contribution in [0.15, 0.2) is 0 Å². The molecule has 1 nitrogen and oxygen atoms in total. The van der Waals surface area contributed by atoms with E-state index in [9.17, 15) is 0 Å². The zero-order valence-corrected chi connectivity index (χ0v) is 10.2. The molecule has 1 rings (SSSR count). The molecule has 0 N–H and O–H groups in total. The minimum Gasteiger partial charge on any atom is -0.385 e. The summed E-state index contributed by atoms with van der Waals surface area (Å²) in [5.74, 6) is 1.01. The molecule has 0 spiro atoms. The van der Waals surface area contributed by atoms with Crippen LogP contribution in [0.5, 0.6) is 0 Å². The topological polar surface area (TPSA) is 9.23 Å². The molecule has 2 heteroatoms. The summed E-state index contributed by atoms with van der Waals surface area (Å²) in [5, 5.41) is 0. The van der Waals surface area contributed by atoms with Gasteiger partial charge in [0.25, 0.3) is 0 Å². The average Bonchev–Trinajstić information content (AvgIpc) is 2.93. The van der Waals surface area contributed by atoms with Crippen LogP contribution in [0.3, 0.4) is 0 Å². The molecule has 0 amide bonds. The summed E-state index contributed by atoms with van der Waals surface area (Å²) in [6, 6.07) is 0. The second-order valence-corrected chi connectivity index (χ2v) is 5.23. The predicted octanol–water partition coefficient (Wildman–Crippen LogP) is 3.76. The molecular weight excluding hydrogens is 228 g/mol. The van der Waals surface area contributed by atoms with Crippen molar-refractivity contribution in [1.82, 2.24) is 0 Å². The van der Waals surface area contributed by atoms with E-state index in [2.05, 4.69) is 15.9 Å². The van der Waals surface area contributed by atoms with Crippen molar-refractivity contribution in [2.75, 3.05) is 13.7 Å². The van der Waals surface area contributed by atoms with Crippen LogP contribution in [-0.2, 0) is 4.74 Å². The molecule has 1 fully saturated rings. The highest BCUT2D eigenvalue weighted by atomic mass is 79.9. The molecule has 78 valence electrons. The third kappa shape index (κ3) is 5.69. The Kier molecular flexibility index (Phi) is 6.05. The number of hydrogen-bond acceptors (Lipinski definition) is 1. The fourth-order valence-corrected chi connectivity index (χ4v) is 2.49. The van der Waals surface area contributed by atoms with Gasteiger partial charge in [0.15, 0.2) is 0 Å². The third-order valence-corrected chi connectivity index (χ3v) is 3.92. The van der Waals surface area contributed by atoms with Gasteiger partial charge in [-0.25, -0.2) is 0 Å². The van der Waals surface area contributed by atoms with Crippen molar-refractivity contribution >= 4 is 15.9 Å². The Morgan fingerprint density at radius 2 is 1.92 bits per heavy atom. The summed E-state index contributed by atoms with van der Waals surface area (Å²) < 4.78 is 5.01. The van der Waals surface area contributed by atoms with Gasteiger partial charge in [0.05, 0.1) is 0 Å². The molecule has 0 aliphatic heterocycles. The van der Waals surface area contributed by atoms with Crippen LogP contribution in [0, 0.1) is 5.92 Å². The Balaban J connectivity index is 1.77. The van der Waals surface area contributed by atoms with E-state index in [-0.39, 0.29) is 0 Å². The first kappa shape index (κ1) is 11.5. The van der Waals surface area contributed by atoms with Crippen molar-refractivity contribution < 1.29 is 4.74 Å². The smallest absolute Gasteiger partial charge is 0.0462 e. The van der Waals surface area contributed by atoms with Gasteiger partial charge in [-0.15, -0.1) is 0 Å². The maximum absolute atomic E-state index is 5.01. The summed E-state index contributed by atoms with van der Waals surface area (Å²) in [6.07, 6.45) is 9.61. The van der Waals surface area contributed by atoms with Crippen LogP contribution in [0.4, 0.5) is 0 Å². The number of unbranched alkanes of at least 4 members (excludes halogenated alkanes) is 3. The van der Waals surface area contributed by atoms with E-state index in [1.54, 1.807) is 7.11 Å². The van der Waals surface area contributed by atoms with Crippen LogP contribution in [0.25, 0.3) is 0 Å². The molecule has 0 radical (unpaired) electrons. The lowest BCUT2D eigenvalue weighted by Crippen LogP contribution is -1.99. The molecule has 1 unspecified atom stereocenters. The van der Waals surface area contributed by atoms with Crippen molar-refractivity contribution in [2.24, 2.45) is 5.92 Å². The van der Waals surface area contributed by atoms with Crippen molar-refractivity contribution in [3.63, 3.8) is 0 Å². The van der Waals surface area contributed by atoms with Crippen LogP contribution in [-0.4, -0.2) is 18.5 Å². The summed E-state index contributed by atoms with van der Waals surface area (Å²) >= 11 is 3.76. The van der Waals surface area contributed by atoms with Gasteiger partial charge in [0, 0.05) is 18.5 Å². The first-order valence-corrected chi connectivity index (χ1v) is 6.39. The molecule has 0 heterocycles. The molecule has 1 aliphatic carbocycles. The highest BCUT2D eigenvalue weighted by molar-refractivity contribution is 9.09. The van der Waals surface area contributed by atoms with E-state index < -0.39 is 0 Å². The average molecular weight is 249 g/mol. The van der Waals surface area contributed by atoms with Gasteiger partial charge in [-0.3, -0.25) is 0 Å². The number of methoxy groups -OCH3 is 1.